The molecular formula is C8H15N. The molecular weight excluding hydrogens is 110 g/mol. The van der Waals surface area contributed by atoms with Crippen molar-refractivity contribution in [3.63, 3.8) is 0 Å². The second-order valence-electron chi connectivity index (χ2n) is 3.49. The van der Waals surface area contributed by atoms with E-state index in [2.05, 4.69) is 12.2 Å². The van der Waals surface area contributed by atoms with Crippen LogP contribution in [-0.4, -0.2) is 12.1 Å². The molecule has 1 heteroatoms. The van der Waals surface area contributed by atoms with E-state index in [-0.39, 0.29) is 0 Å². The minimum atomic E-state index is 0.903. The fourth-order valence-corrected chi connectivity index (χ4v) is 2.20. The molecule has 3 rings (SSSR count). The lowest BCUT2D eigenvalue weighted by atomic mass is 9.82. The average molecular weight is 125 g/mol. The third-order valence-corrected chi connectivity index (χ3v) is 2.79. The number of rotatable bonds is 2. The first kappa shape index (κ1) is 5.72. The van der Waals surface area contributed by atoms with Crippen molar-refractivity contribution in [2.24, 2.45) is 5.92 Å². The molecule has 0 amide bonds. The number of hydrogen-bond donors (Lipinski definition) is 1. The Morgan fingerprint density at radius 3 is 2.67 bits per heavy atom. The Morgan fingerprint density at radius 1 is 1.44 bits per heavy atom. The normalized spacial score (nSPS) is 47.0. The van der Waals surface area contributed by atoms with E-state index in [1.807, 2.05) is 0 Å². The van der Waals surface area contributed by atoms with Gasteiger partial charge in [-0.25, -0.2) is 0 Å². The van der Waals surface area contributed by atoms with Gasteiger partial charge < -0.3 is 5.32 Å². The van der Waals surface area contributed by atoms with Crippen LogP contribution in [0.2, 0.25) is 0 Å². The standard InChI is InChI=1S/C8H15N/c1-2-3-8-6-4-7(5-6)9-8/h6-9H,2-5H2,1H3. The molecule has 1 aliphatic carbocycles. The van der Waals surface area contributed by atoms with Gasteiger partial charge in [-0.15, -0.1) is 0 Å². The highest BCUT2D eigenvalue weighted by molar-refractivity contribution is 5.01. The fraction of sp³-hybridized carbons (Fsp3) is 1.00. The van der Waals surface area contributed by atoms with Gasteiger partial charge in [0.25, 0.3) is 0 Å². The van der Waals surface area contributed by atoms with Crippen molar-refractivity contribution in [3.05, 3.63) is 0 Å². The van der Waals surface area contributed by atoms with Crippen LogP contribution in [0, 0.1) is 5.92 Å². The Hall–Kier alpha value is -0.0400. The molecule has 0 spiro atoms. The second kappa shape index (κ2) is 1.98. The van der Waals surface area contributed by atoms with Crippen molar-refractivity contribution >= 4 is 0 Å². The van der Waals surface area contributed by atoms with E-state index in [4.69, 9.17) is 0 Å². The van der Waals surface area contributed by atoms with Gasteiger partial charge in [0.2, 0.25) is 0 Å². The van der Waals surface area contributed by atoms with Crippen molar-refractivity contribution in [2.75, 3.05) is 0 Å². The third-order valence-electron chi connectivity index (χ3n) is 2.79. The summed E-state index contributed by atoms with van der Waals surface area (Å²) in [5.74, 6) is 1.06. The van der Waals surface area contributed by atoms with E-state index < -0.39 is 0 Å². The van der Waals surface area contributed by atoms with Crippen molar-refractivity contribution in [1.82, 2.24) is 5.32 Å². The molecule has 0 aromatic rings. The van der Waals surface area contributed by atoms with Crippen LogP contribution < -0.4 is 5.32 Å². The SMILES string of the molecule is CCCC1NC2CC1C2. The lowest BCUT2D eigenvalue weighted by molar-refractivity contribution is 0.344. The fourth-order valence-electron chi connectivity index (χ4n) is 2.20. The Balaban J connectivity index is 1.86. The van der Waals surface area contributed by atoms with E-state index in [9.17, 15) is 0 Å². The maximum absolute atomic E-state index is 3.63. The van der Waals surface area contributed by atoms with Gasteiger partial charge in [0.05, 0.1) is 0 Å². The predicted molar refractivity (Wildman–Crippen MR) is 38.3 cm³/mol. The quantitative estimate of drug-likeness (QED) is 0.590. The molecule has 2 aliphatic heterocycles. The summed E-state index contributed by atoms with van der Waals surface area (Å²) in [5, 5.41) is 3.63. The van der Waals surface area contributed by atoms with E-state index in [0.29, 0.717) is 0 Å². The topological polar surface area (TPSA) is 12.0 Å². The zero-order chi connectivity index (χ0) is 6.27. The van der Waals surface area contributed by atoms with Crippen LogP contribution in [0.25, 0.3) is 0 Å². The van der Waals surface area contributed by atoms with Gasteiger partial charge in [-0.05, 0) is 25.2 Å². The van der Waals surface area contributed by atoms with Gasteiger partial charge in [0.1, 0.15) is 0 Å². The summed E-state index contributed by atoms with van der Waals surface area (Å²) in [4.78, 5) is 0. The molecule has 3 fully saturated rings. The summed E-state index contributed by atoms with van der Waals surface area (Å²) in [6.45, 7) is 2.28. The largest absolute Gasteiger partial charge is 0.311 e. The first-order valence-corrected chi connectivity index (χ1v) is 4.16. The summed E-state index contributed by atoms with van der Waals surface area (Å²) in [6, 6.07) is 1.83. The number of hydrogen-bond acceptors (Lipinski definition) is 1. The lowest BCUT2D eigenvalue weighted by Gasteiger charge is -2.22. The van der Waals surface area contributed by atoms with Crippen LogP contribution in [0.4, 0.5) is 0 Å². The van der Waals surface area contributed by atoms with Crippen molar-refractivity contribution in [1.29, 1.82) is 0 Å². The molecule has 1 nitrogen and oxygen atoms in total. The second-order valence-corrected chi connectivity index (χ2v) is 3.49. The molecule has 2 saturated heterocycles. The zero-order valence-corrected chi connectivity index (χ0v) is 6.06. The minimum absolute atomic E-state index is 0.903. The van der Waals surface area contributed by atoms with E-state index in [0.717, 1.165) is 18.0 Å². The van der Waals surface area contributed by atoms with Gasteiger partial charge in [0, 0.05) is 12.1 Å². The molecule has 0 aromatic carbocycles. The molecule has 1 atom stereocenters. The predicted octanol–water partition coefficient (Wildman–Crippen LogP) is 1.54. The Bertz CT molecular complexity index is 105. The van der Waals surface area contributed by atoms with Crippen molar-refractivity contribution in [2.45, 2.75) is 44.7 Å². The van der Waals surface area contributed by atoms with Gasteiger partial charge >= 0.3 is 0 Å². The van der Waals surface area contributed by atoms with Crippen LogP contribution in [0.1, 0.15) is 32.6 Å². The van der Waals surface area contributed by atoms with Crippen LogP contribution in [0.5, 0.6) is 0 Å². The molecule has 52 valence electrons. The minimum Gasteiger partial charge on any atom is -0.311 e. The molecule has 1 unspecified atom stereocenters. The number of nitrogens with one attached hydrogen (secondary N) is 1. The van der Waals surface area contributed by atoms with E-state index >= 15 is 0 Å². The zero-order valence-electron chi connectivity index (χ0n) is 6.06. The van der Waals surface area contributed by atoms with Crippen LogP contribution in [-0.2, 0) is 0 Å². The van der Waals surface area contributed by atoms with E-state index in [1.54, 1.807) is 0 Å². The highest BCUT2D eigenvalue weighted by Gasteiger charge is 2.42. The monoisotopic (exact) mass is 125 g/mol. The highest BCUT2D eigenvalue weighted by Crippen LogP contribution is 2.39. The van der Waals surface area contributed by atoms with Crippen LogP contribution in [0.15, 0.2) is 0 Å². The summed E-state index contributed by atoms with van der Waals surface area (Å²) >= 11 is 0. The van der Waals surface area contributed by atoms with Crippen LogP contribution >= 0.6 is 0 Å². The maximum atomic E-state index is 3.63. The van der Waals surface area contributed by atoms with Gasteiger partial charge in [-0.2, -0.15) is 0 Å². The third kappa shape index (κ3) is 0.787. The van der Waals surface area contributed by atoms with Gasteiger partial charge in [-0.1, -0.05) is 13.3 Å². The molecule has 1 saturated carbocycles. The maximum Gasteiger partial charge on any atom is 0.00989 e. The molecule has 1 N–H and O–H groups in total. The van der Waals surface area contributed by atoms with Crippen molar-refractivity contribution < 1.29 is 0 Å². The van der Waals surface area contributed by atoms with Crippen molar-refractivity contribution in [3.8, 4) is 0 Å². The molecule has 2 heterocycles. The van der Waals surface area contributed by atoms with Crippen LogP contribution in [0.3, 0.4) is 0 Å². The first-order valence-electron chi connectivity index (χ1n) is 4.16. The summed E-state index contributed by atoms with van der Waals surface area (Å²) in [6.07, 6.45) is 5.71. The number of fused-ring (bicyclic) bond motifs is 1. The summed E-state index contributed by atoms with van der Waals surface area (Å²) in [7, 11) is 0. The van der Waals surface area contributed by atoms with Gasteiger partial charge in [-0.3, -0.25) is 0 Å². The molecule has 0 aromatic heterocycles. The lowest BCUT2D eigenvalue weighted by Crippen LogP contribution is -2.23. The first-order chi connectivity index (χ1) is 4.40. The highest BCUT2D eigenvalue weighted by atomic mass is 15.0. The smallest absolute Gasteiger partial charge is 0.00989 e. The Morgan fingerprint density at radius 2 is 2.22 bits per heavy atom. The van der Waals surface area contributed by atoms with E-state index in [1.165, 1.54) is 25.7 Å². The summed E-state index contributed by atoms with van der Waals surface area (Å²) < 4.78 is 0. The molecule has 3 aliphatic rings. The van der Waals surface area contributed by atoms with Gasteiger partial charge in [0.15, 0.2) is 0 Å². The Kier molecular flexibility index (Phi) is 1.26. The molecule has 2 bridgehead atoms. The summed E-state index contributed by atoms with van der Waals surface area (Å²) in [5.41, 5.74) is 0. The molecule has 9 heavy (non-hydrogen) atoms. The average Bonchev–Trinajstić information content (AvgIpc) is 2.20. The Labute approximate surface area is 56.8 Å². The molecule has 0 radical (unpaired) electrons.